The van der Waals surface area contributed by atoms with Gasteiger partial charge >= 0.3 is 0 Å². The monoisotopic (exact) mass is 492 g/mol. The van der Waals surface area contributed by atoms with Crippen LogP contribution in [0.5, 0.6) is 0 Å². The van der Waals surface area contributed by atoms with Gasteiger partial charge in [0.2, 0.25) is 0 Å². The van der Waals surface area contributed by atoms with E-state index < -0.39 is 0 Å². The van der Waals surface area contributed by atoms with Crippen molar-refractivity contribution in [1.29, 1.82) is 0 Å². The molecule has 2 nitrogen and oxygen atoms in total. The predicted molar refractivity (Wildman–Crippen MR) is 162 cm³/mol. The molecule has 0 aliphatic carbocycles. The zero-order chi connectivity index (χ0) is 25.9. The van der Waals surface area contributed by atoms with Crippen LogP contribution >= 0.6 is 0 Å². The third-order valence-corrected chi connectivity index (χ3v) is 7.40. The number of rotatable bonds is 5. The normalized spacial score (nSPS) is 18.8. The summed E-state index contributed by atoms with van der Waals surface area (Å²) in [7, 11) is 0. The molecule has 0 saturated heterocycles. The number of anilines is 2. The largest absolute Gasteiger partial charge is 0.339 e. The van der Waals surface area contributed by atoms with Crippen LogP contribution in [-0.4, -0.2) is 12.1 Å². The summed E-state index contributed by atoms with van der Waals surface area (Å²) in [5.74, 6) is 0. The summed E-state index contributed by atoms with van der Waals surface area (Å²) >= 11 is 0. The number of benzene rings is 4. The van der Waals surface area contributed by atoms with Crippen LogP contribution in [0.15, 0.2) is 146 Å². The molecule has 2 aliphatic heterocycles. The molecule has 2 atom stereocenters. The average molecular weight is 493 g/mol. The molecule has 0 N–H and O–H groups in total. The van der Waals surface area contributed by atoms with Gasteiger partial charge in [0, 0.05) is 23.8 Å². The molecule has 0 bridgehead atoms. The summed E-state index contributed by atoms with van der Waals surface area (Å²) in [6.45, 7) is 4.28. The van der Waals surface area contributed by atoms with Gasteiger partial charge in [0.05, 0.1) is 12.1 Å². The van der Waals surface area contributed by atoms with Gasteiger partial charge in [-0.05, 0) is 72.5 Å². The molecule has 0 fully saturated rings. The maximum atomic E-state index is 2.43. The van der Waals surface area contributed by atoms with E-state index in [0.29, 0.717) is 0 Å². The van der Waals surface area contributed by atoms with Gasteiger partial charge < -0.3 is 9.80 Å². The van der Waals surface area contributed by atoms with E-state index in [4.69, 9.17) is 0 Å². The van der Waals surface area contributed by atoms with Crippen LogP contribution in [0, 0.1) is 13.8 Å². The highest BCUT2D eigenvalue weighted by Gasteiger charge is 2.32. The molecule has 0 spiro atoms. The van der Waals surface area contributed by atoms with E-state index in [1.165, 1.54) is 44.8 Å². The van der Waals surface area contributed by atoms with E-state index >= 15 is 0 Å². The summed E-state index contributed by atoms with van der Waals surface area (Å²) in [6.07, 6.45) is 13.8. The predicted octanol–water partition coefficient (Wildman–Crippen LogP) is 8.58. The van der Waals surface area contributed by atoms with E-state index in [2.05, 4.69) is 170 Å². The van der Waals surface area contributed by atoms with Gasteiger partial charge in [-0.15, -0.1) is 0 Å². The molecular formula is C36H32N2. The van der Waals surface area contributed by atoms with Crippen LogP contribution in [0.4, 0.5) is 11.4 Å². The van der Waals surface area contributed by atoms with Crippen molar-refractivity contribution in [2.24, 2.45) is 0 Å². The molecular weight excluding hydrogens is 460 g/mol. The summed E-state index contributed by atoms with van der Waals surface area (Å²) in [6, 6.07) is 39.2. The lowest BCUT2D eigenvalue weighted by Crippen LogP contribution is -2.49. The van der Waals surface area contributed by atoms with Gasteiger partial charge in [-0.25, -0.2) is 0 Å². The second-order valence-corrected chi connectivity index (χ2v) is 10.1. The van der Waals surface area contributed by atoms with Crippen molar-refractivity contribution in [3.05, 3.63) is 168 Å². The maximum absolute atomic E-state index is 2.43. The van der Waals surface area contributed by atoms with E-state index in [9.17, 15) is 0 Å². The van der Waals surface area contributed by atoms with Crippen molar-refractivity contribution in [2.75, 3.05) is 9.80 Å². The fourth-order valence-electron chi connectivity index (χ4n) is 5.28. The van der Waals surface area contributed by atoms with Crippen LogP contribution < -0.4 is 9.80 Å². The summed E-state index contributed by atoms with van der Waals surface area (Å²) in [5, 5.41) is 0. The molecule has 0 saturated carbocycles. The Morgan fingerprint density at radius 1 is 0.447 bits per heavy atom. The standard InChI is InChI=1S/C36H32N2/c1-27-13-17-33(18-14-27)37-23-21-31(29-9-5-3-6-10-29)25-35(37)36-26-32(30-11-7-4-8-12-30)22-24-38(36)34-19-15-28(2)16-20-34/h3-26,35-36H,1-2H3/t35-,36-/m1/s1. The van der Waals surface area contributed by atoms with Gasteiger partial charge in [-0.1, -0.05) is 108 Å². The zero-order valence-electron chi connectivity index (χ0n) is 21.9. The van der Waals surface area contributed by atoms with Crippen molar-refractivity contribution >= 4 is 22.5 Å². The molecule has 2 aliphatic rings. The summed E-state index contributed by atoms with van der Waals surface area (Å²) in [5.41, 5.74) is 9.86. The van der Waals surface area contributed by atoms with Gasteiger partial charge in [-0.3, -0.25) is 0 Å². The number of allylic oxidation sites excluding steroid dienone is 4. The molecule has 186 valence electrons. The molecule has 38 heavy (non-hydrogen) atoms. The lowest BCUT2D eigenvalue weighted by atomic mass is 9.90. The molecule has 0 radical (unpaired) electrons. The van der Waals surface area contributed by atoms with Crippen molar-refractivity contribution in [1.82, 2.24) is 0 Å². The Morgan fingerprint density at radius 3 is 1.18 bits per heavy atom. The van der Waals surface area contributed by atoms with E-state index in [1.54, 1.807) is 0 Å². The topological polar surface area (TPSA) is 6.48 Å². The van der Waals surface area contributed by atoms with Gasteiger partial charge in [0.1, 0.15) is 0 Å². The van der Waals surface area contributed by atoms with E-state index in [0.717, 1.165) is 0 Å². The lowest BCUT2D eigenvalue weighted by Gasteiger charge is -2.42. The molecule has 0 amide bonds. The number of hydrogen-bond donors (Lipinski definition) is 0. The Balaban J connectivity index is 1.49. The van der Waals surface area contributed by atoms with Crippen LogP contribution in [0.2, 0.25) is 0 Å². The molecule has 6 rings (SSSR count). The smallest absolute Gasteiger partial charge is 0.0769 e. The van der Waals surface area contributed by atoms with Crippen LogP contribution in [0.25, 0.3) is 11.1 Å². The fourth-order valence-corrected chi connectivity index (χ4v) is 5.28. The van der Waals surface area contributed by atoms with E-state index in [-0.39, 0.29) is 12.1 Å². The minimum Gasteiger partial charge on any atom is -0.339 e. The second-order valence-electron chi connectivity index (χ2n) is 10.1. The molecule has 4 aromatic carbocycles. The van der Waals surface area contributed by atoms with Gasteiger partial charge in [0.25, 0.3) is 0 Å². The van der Waals surface area contributed by atoms with Crippen molar-refractivity contribution in [3.63, 3.8) is 0 Å². The molecule has 0 unspecified atom stereocenters. The third kappa shape index (κ3) is 4.86. The van der Waals surface area contributed by atoms with Crippen LogP contribution in [-0.2, 0) is 0 Å². The lowest BCUT2D eigenvalue weighted by molar-refractivity contribution is 0.654. The van der Waals surface area contributed by atoms with Crippen molar-refractivity contribution < 1.29 is 0 Å². The van der Waals surface area contributed by atoms with Gasteiger partial charge in [0.15, 0.2) is 0 Å². The Labute approximate surface area is 226 Å². The zero-order valence-corrected chi connectivity index (χ0v) is 21.9. The van der Waals surface area contributed by atoms with Gasteiger partial charge in [-0.2, -0.15) is 0 Å². The quantitative estimate of drug-likeness (QED) is 0.275. The third-order valence-electron chi connectivity index (χ3n) is 7.40. The highest BCUT2D eigenvalue weighted by Crippen LogP contribution is 2.36. The summed E-state index contributed by atoms with van der Waals surface area (Å²) < 4.78 is 0. The molecule has 4 aromatic rings. The molecule has 2 heterocycles. The second kappa shape index (κ2) is 10.4. The minimum atomic E-state index is 0.0721. The first kappa shape index (κ1) is 23.8. The maximum Gasteiger partial charge on any atom is 0.0769 e. The highest BCUT2D eigenvalue weighted by atomic mass is 15.2. The number of hydrogen-bond acceptors (Lipinski definition) is 2. The Hall–Kier alpha value is -4.56. The Bertz CT molecular complexity index is 1390. The minimum absolute atomic E-state index is 0.0721. The first-order chi connectivity index (χ1) is 18.7. The number of aryl methyl sites for hydroxylation is 2. The fraction of sp³-hybridized carbons (Fsp3) is 0.111. The molecule has 0 aromatic heterocycles. The SMILES string of the molecule is Cc1ccc(N2C=CC(c3ccccc3)=C[C@@H]2[C@H]2C=C(c3ccccc3)C=CN2c2ccc(C)cc2)cc1. The van der Waals surface area contributed by atoms with Crippen LogP contribution in [0.3, 0.4) is 0 Å². The first-order valence-electron chi connectivity index (χ1n) is 13.3. The first-order valence-corrected chi connectivity index (χ1v) is 13.3. The summed E-state index contributed by atoms with van der Waals surface area (Å²) in [4.78, 5) is 4.83. The van der Waals surface area contributed by atoms with Crippen LogP contribution in [0.1, 0.15) is 22.3 Å². The Kier molecular flexibility index (Phi) is 6.54. The highest BCUT2D eigenvalue weighted by molar-refractivity contribution is 5.81. The van der Waals surface area contributed by atoms with Crippen molar-refractivity contribution in [2.45, 2.75) is 25.9 Å². The van der Waals surface area contributed by atoms with Crippen molar-refractivity contribution in [3.8, 4) is 0 Å². The van der Waals surface area contributed by atoms with E-state index in [1.807, 2.05) is 0 Å². The number of nitrogens with zero attached hydrogens (tertiary/aromatic N) is 2. The molecule has 2 heteroatoms. The Morgan fingerprint density at radius 2 is 0.816 bits per heavy atom. The average Bonchev–Trinajstić information content (AvgIpc) is 2.98.